The van der Waals surface area contributed by atoms with Gasteiger partial charge in [0.25, 0.3) is 0 Å². The van der Waals surface area contributed by atoms with Gasteiger partial charge in [-0.15, -0.1) is 0 Å². The van der Waals surface area contributed by atoms with Crippen LogP contribution in [-0.2, 0) is 5.41 Å². The number of pyridine rings is 2. The van der Waals surface area contributed by atoms with Gasteiger partial charge in [-0.2, -0.15) is 0 Å². The zero-order valence-corrected chi connectivity index (χ0v) is 29.0. The molecule has 0 unspecified atom stereocenters. The Balaban J connectivity index is 1.26. The molecule has 6 aromatic carbocycles. The molecular formula is C48H37N3. The summed E-state index contributed by atoms with van der Waals surface area (Å²) in [5, 5.41) is 3.31. The van der Waals surface area contributed by atoms with Crippen LogP contribution in [0.25, 0.3) is 83.5 Å². The van der Waals surface area contributed by atoms with Gasteiger partial charge >= 0.3 is 0 Å². The number of hydrogen-bond donors (Lipinski definition) is 1. The molecule has 0 saturated heterocycles. The van der Waals surface area contributed by atoms with Gasteiger partial charge in [0.1, 0.15) is 0 Å². The number of nitrogen functional groups attached to an aromatic ring is 1. The molecule has 0 radical (unpaired) electrons. The summed E-state index contributed by atoms with van der Waals surface area (Å²) in [7, 11) is 0. The summed E-state index contributed by atoms with van der Waals surface area (Å²) in [6.45, 7) is 6.67. The number of benzene rings is 6. The molecule has 2 heterocycles. The minimum Gasteiger partial charge on any atom is -0.396 e. The Bertz CT molecular complexity index is 2680. The minimum atomic E-state index is -0.0935. The average molecular weight is 656 g/mol. The fourth-order valence-electron chi connectivity index (χ4n) is 7.97. The topological polar surface area (TPSA) is 51.8 Å². The first kappa shape index (κ1) is 30.7. The molecule has 8 aromatic rings. The van der Waals surface area contributed by atoms with Gasteiger partial charge in [-0.1, -0.05) is 129 Å². The molecule has 0 atom stereocenters. The summed E-state index contributed by atoms with van der Waals surface area (Å²) in [5.41, 5.74) is 23.1. The molecule has 0 fully saturated rings. The lowest BCUT2D eigenvalue weighted by molar-refractivity contribution is 0.660. The van der Waals surface area contributed by atoms with E-state index in [0.717, 1.165) is 60.9 Å². The Morgan fingerprint density at radius 3 is 2.06 bits per heavy atom. The molecule has 0 aliphatic heterocycles. The summed E-state index contributed by atoms with van der Waals surface area (Å²) in [4.78, 5) is 10.0. The summed E-state index contributed by atoms with van der Waals surface area (Å²) < 4.78 is 0. The van der Waals surface area contributed by atoms with Gasteiger partial charge in [0.05, 0.1) is 16.9 Å². The van der Waals surface area contributed by atoms with Crippen molar-refractivity contribution < 1.29 is 0 Å². The van der Waals surface area contributed by atoms with E-state index in [1.807, 2.05) is 37.5 Å². The zero-order chi connectivity index (χ0) is 34.7. The first-order valence-electron chi connectivity index (χ1n) is 17.6. The third kappa shape index (κ3) is 5.04. The van der Waals surface area contributed by atoms with Crippen molar-refractivity contribution >= 4 is 33.4 Å². The maximum Gasteiger partial charge on any atom is 0.0937 e. The van der Waals surface area contributed by atoms with Crippen molar-refractivity contribution in [1.82, 2.24) is 9.97 Å². The Morgan fingerprint density at radius 1 is 0.529 bits per heavy atom. The summed E-state index contributed by atoms with van der Waals surface area (Å²) in [6, 6.07) is 48.1. The highest BCUT2D eigenvalue weighted by molar-refractivity contribution is 6.04. The highest BCUT2D eigenvalue weighted by atomic mass is 14.7. The smallest absolute Gasteiger partial charge is 0.0937 e. The second-order valence-electron chi connectivity index (χ2n) is 14.0. The van der Waals surface area contributed by atoms with E-state index in [1.54, 1.807) is 0 Å². The Morgan fingerprint density at radius 2 is 1.24 bits per heavy atom. The van der Waals surface area contributed by atoms with Gasteiger partial charge in [-0.25, -0.2) is 0 Å². The molecule has 0 bridgehead atoms. The molecule has 51 heavy (non-hydrogen) atoms. The molecule has 1 aliphatic rings. The van der Waals surface area contributed by atoms with Crippen LogP contribution in [0.4, 0.5) is 5.69 Å². The maximum absolute atomic E-state index is 6.58. The third-order valence-corrected chi connectivity index (χ3v) is 10.6. The van der Waals surface area contributed by atoms with E-state index in [2.05, 4.69) is 141 Å². The average Bonchev–Trinajstić information content (AvgIpc) is 3.41. The van der Waals surface area contributed by atoms with Crippen LogP contribution in [0.2, 0.25) is 0 Å². The van der Waals surface area contributed by atoms with Crippen molar-refractivity contribution in [2.45, 2.75) is 26.2 Å². The number of allylic oxidation sites excluding steroid dienone is 1. The van der Waals surface area contributed by atoms with Crippen LogP contribution in [-0.4, -0.2) is 9.97 Å². The van der Waals surface area contributed by atoms with E-state index in [4.69, 9.17) is 15.7 Å². The molecular weight excluding hydrogens is 619 g/mol. The van der Waals surface area contributed by atoms with Gasteiger partial charge in [-0.05, 0) is 92.7 Å². The molecule has 244 valence electrons. The van der Waals surface area contributed by atoms with E-state index in [1.165, 1.54) is 33.2 Å². The monoisotopic (exact) mass is 655 g/mol. The van der Waals surface area contributed by atoms with Gasteiger partial charge in [-0.3, -0.25) is 9.97 Å². The first-order valence-corrected chi connectivity index (χ1v) is 17.6. The predicted molar refractivity (Wildman–Crippen MR) is 215 cm³/mol. The van der Waals surface area contributed by atoms with E-state index in [-0.39, 0.29) is 5.41 Å². The largest absolute Gasteiger partial charge is 0.396 e. The Kier molecular flexibility index (Phi) is 7.18. The fourth-order valence-corrected chi connectivity index (χ4v) is 7.97. The van der Waals surface area contributed by atoms with E-state index >= 15 is 0 Å². The molecule has 2 N–H and O–H groups in total. The maximum atomic E-state index is 6.58. The lowest BCUT2D eigenvalue weighted by Crippen LogP contribution is -2.14. The van der Waals surface area contributed by atoms with Crippen LogP contribution in [0, 0.1) is 0 Å². The van der Waals surface area contributed by atoms with Gasteiger partial charge in [0, 0.05) is 45.3 Å². The third-order valence-electron chi connectivity index (χ3n) is 10.6. The van der Waals surface area contributed by atoms with Crippen molar-refractivity contribution in [3.8, 4) is 55.8 Å². The molecule has 0 spiro atoms. The molecule has 1 aliphatic carbocycles. The van der Waals surface area contributed by atoms with Crippen molar-refractivity contribution in [3.63, 3.8) is 0 Å². The number of aromatic nitrogens is 2. The Labute approximate surface area is 298 Å². The fraction of sp³-hybridized carbons (Fsp3) is 0.0833. The number of rotatable bonds is 5. The molecule has 2 aromatic heterocycles. The molecule has 3 nitrogen and oxygen atoms in total. The molecule has 9 rings (SSSR count). The van der Waals surface area contributed by atoms with Gasteiger partial charge < -0.3 is 5.73 Å². The Hall–Kier alpha value is -6.32. The van der Waals surface area contributed by atoms with Crippen molar-refractivity contribution in [2.24, 2.45) is 0 Å². The lowest BCUT2D eigenvalue weighted by atomic mass is 9.81. The summed E-state index contributed by atoms with van der Waals surface area (Å²) in [6.07, 6.45) is 8.02. The molecule has 0 amide bonds. The van der Waals surface area contributed by atoms with Crippen molar-refractivity contribution in [2.75, 3.05) is 5.73 Å². The lowest BCUT2D eigenvalue weighted by Gasteiger charge is -2.22. The molecule has 0 saturated carbocycles. The predicted octanol–water partition coefficient (Wildman–Crippen LogP) is 12.4. The van der Waals surface area contributed by atoms with E-state index < -0.39 is 0 Å². The van der Waals surface area contributed by atoms with Crippen LogP contribution < -0.4 is 5.73 Å². The number of nitrogens with zero attached hydrogens (tertiary/aromatic N) is 2. The van der Waals surface area contributed by atoms with Crippen molar-refractivity contribution in [3.05, 3.63) is 169 Å². The summed E-state index contributed by atoms with van der Waals surface area (Å²) >= 11 is 0. The van der Waals surface area contributed by atoms with E-state index in [0.29, 0.717) is 5.69 Å². The van der Waals surface area contributed by atoms with Crippen LogP contribution >= 0.6 is 0 Å². The van der Waals surface area contributed by atoms with Gasteiger partial charge in [0.2, 0.25) is 0 Å². The SMILES string of the molecule is C/C=C\c1ccc2cc(-c3cc(-c4ccc5c(c4)C(C)(C)c4ccccc4-5)cc(-c4cnc(-c5ccccc5)c5ccccc45)c3)cnc2c1N. The highest BCUT2D eigenvalue weighted by Crippen LogP contribution is 2.50. The zero-order valence-electron chi connectivity index (χ0n) is 29.0. The van der Waals surface area contributed by atoms with Crippen molar-refractivity contribution in [1.29, 1.82) is 0 Å². The standard InChI is InChI=1S/C48H37N3/c1-4-12-30-19-20-33-23-37(28-50-47(33)45(30)49)35-24-34(32-21-22-40-39-16-10-11-18-43(39)48(2,3)44(40)27-32)25-36(26-35)42-29-51-46(31-13-6-5-7-14-31)41-17-9-8-15-38(41)42/h4-29H,49H2,1-3H3/b12-4-. The van der Waals surface area contributed by atoms with E-state index in [9.17, 15) is 0 Å². The second-order valence-corrected chi connectivity index (χ2v) is 14.0. The number of hydrogen-bond acceptors (Lipinski definition) is 3. The summed E-state index contributed by atoms with van der Waals surface area (Å²) in [5.74, 6) is 0. The minimum absolute atomic E-state index is 0.0935. The quantitative estimate of drug-likeness (QED) is 0.188. The second kappa shape index (κ2) is 11.9. The van der Waals surface area contributed by atoms with Crippen LogP contribution in [0.15, 0.2) is 152 Å². The number of fused-ring (bicyclic) bond motifs is 5. The van der Waals surface area contributed by atoms with Crippen LogP contribution in [0.5, 0.6) is 0 Å². The highest BCUT2D eigenvalue weighted by Gasteiger charge is 2.35. The van der Waals surface area contributed by atoms with Crippen LogP contribution in [0.1, 0.15) is 37.5 Å². The number of anilines is 1. The first-order chi connectivity index (χ1) is 24.9. The van der Waals surface area contributed by atoms with Gasteiger partial charge in [0.15, 0.2) is 0 Å². The normalized spacial score (nSPS) is 13.2. The molecule has 3 heteroatoms. The number of nitrogens with two attached hydrogens (primary N) is 1. The van der Waals surface area contributed by atoms with Crippen LogP contribution in [0.3, 0.4) is 0 Å².